The number of carbonyl (C=O) groups excluding carboxylic acids is 1. The smallest absolute Gasteiger partial charge is 0.228 e. The molecule has 1 N–H and O–H groups in total. The fourth-order valence-electron chi connectivity index (χ4n) is 4.19. The van der Waals surface area contributed by atoms with Crippen molar-refractivity contribution in [1.82, 2.24) is 10.2 Å². The molecule has 2 heterocycles. The first kappa shape index (κ1) is 17.7. The zero-order valence-corrected chi connectivity index (χ0v) is 14.9. The van der Waals surface area contributed by atoms with Crippen LogP contribution in [0.4, 0.5) is 0 Å². The number of piperidine rings is 1. The van der Waals surface area contributed by atoms with Gasteiger partial charge >= 0.3 is 0 Å². The first-order chi connectivity index (χ1) is 10.5. The molecule has 2 fully saturated rings. The summed E-state index contributed by atoms with van der Waals surface area (Å²) in [5.41, 5.74) is -0.182. The molecule has 2 aliphatic rings. The number of hydrogen-bond acceptors (Lipinski definition) is 3. The Morgan fingerprint density at radius 3 is 2.36 bits per heavy atom. The number of amides is 1. The van der Waals surface area contributed by atoms with E-state index in [0.29, 0.717) is 11.8 Å². The summed E-state index contributed by atoms with van der Waals surface area (Å²) in [6.07, 6.45) is 4.83. The Hall–Kier alpha value is -0.610. The van der Waals surface area contributed by atoms with Crippen LogP contribution in [-0.4, -0.2) is 49.2 Å². The summed E-state index contributed by atoms with van der Waals surface area (Å²) in [4.78, 5) is 15.3. The van der Waals surface area contributed by atoms with Gasteiger partial charge in [0.05, 0.1) is 12.2 Å². The summed E-state index contributed by atoms with van der Waals surface area (Å²) < 4.78 is 6.04. The van der Waals surface area contributed by atoms with Crippen molar-refractivity contribution in [3.63, 3.8) is 0 Å². The molecule has 0 atom stereocenters. The lowest BCUT2D eigenvalue weighted by atomic mass is 9.74. The van der Waals surface area contributed by atoms with E-state index in [4.69, 9.17) is 4.74 Å². The fourth-order valence-corrected chi connectivity index (χ4v) is 4.19. The minimum Gasteiger partial charge on any atom is -0.372 e. The Bertz CT molecular complexity index is 361. The maximum Gasteiger partial charge on any atom is 0.228 e. The van der Waals surface area contributed by atoms with E-state index in [1.807, 2.05) is 0 Å². The van der Waals surface area contributed by atoms with Gasteiger partial charge in [0.25, 0.3) is 0 Å². The molecule has 0 aromatic heterocycles. The van der Waals surface area contributed by atoms with E-state index in [-0.39, 0.29) is 11.0 Å². The third-order valence-electron chi connectivity index (χ3n) is 5.70. The summed E-state index contributed by atoms with van der Waals surface area (Å²) in [5, 5.41) is 3.44. The molecule has 2 rings (SSSR count). The van der Waals surface area contributed by atoms with Crippen molar-refractivity contribution < 1.29 is 9.53 Å². The lowest BCUT2D eigenvalue weighted by molar-refractivity contribution is -0.152. The number of likely N-dealkylation sites (tertiary alicyclic amines) is 1. The molecule has 0 unspecified atom stereocenters. The van der Waals surface area contributed by atoms with Crippen LogP contribution in [0.15, 0.2) is 0 Å². The molecule has 1 amide bonds. The number of carbonyl (C=O) groups is 1. The van der Waals surface area contributed by atoms with Crippen molar-refractivity contribution in [1.29, 1.82) is 0 Å². The third kappa shape index (κ3) is 3.65. The second-order valence-corrected chi connectivity index (χ2v) is 7.59. The highest BCUT2D eigenvalue weighted by Crippen LogP contribution is 2.38. The quantitative estimate of drug-likeness (QED) is 0.849. The number of ether oxygens (including phenoxy) is 1. The molecule has 4 heteroatoms. The summed E-state index contributed by atoms with van der Waals surface area (Å²) in [6.45, 7) is 13.2. The molecule has 2 saturated heterocycles. The van der Waals surface area contributed by atoms with E-state index in [0.717, 1.165) is 64.9 Å². The van der Waals surface area contributed by atoms with Gasteiger partial charge in [-0.2, -0.15) is 0 Å². The van der Waals surface area contributed by atoms with Gasteiger partial charge in [0.15, 0.2) is 0 Å². The molecule has 2 aliphatic heterocycles. The minimum absolute atomic E-state index is 0.0197. The zero-order chi connectivity index (χ0) is 16.2. The average Bonchev–Trinajstić information content (AvgIpc) is 2.53. The van der Waals surface area contributed by atoms with Gasteiger partial charge in [0.1, 0.15) is 0 Å². The van der Waals surface area contributed by atoms with Gasteiger partial charge in [-0.05, 0) is 38.0 Å². The Balaban J connectivity index is 2.00. The topological polar surface area (TPSA) is 41.6 Å². The fraction of sp³-hybridized carbons (Fsp3) is 0.944. The largest absolute Gasteiger partial charge is 0.372 e. The predicted molar refractivity (Wildman–Crippen MR) is 89.8 cm³/mol. The number of nitrogens with zero attached hydrogens (tertiary/aromatic N) is 1. The van der Waals surface area contributed by atoms with Gasteiger partial charge in [0, 0.05) is 31.6 Å². The van der Waals surface area contributed by atoms with E-state index >= 15 is 0 Å². The first-order valence-electron chi connectivity index (χ1n) is 9.11. The second kappa shape index (κ2) is 7.31. The molecule has 1 spiro atoms. The minimum atomic E-state index is -0.162. The summed E-state index contributed by atoms with van der Waals surface area (Å²) in [7, 11) is 0. The van der Waals surface area contributed by atoms with E-state index in [9.17, 15) is 4.79 Å². The van der Waals surface area contributed by atoms with Gasteiger partial charge < -0.3 is 15.0 Å². The molecule has 0 saturated carbocycles. The molecule has 128 valence electrons. The van der Waals surface area contributed by atoms with Crippen LogP contribution >= 0.6 is 0 Å². The SMILES string of the molecule is CCC(CC)(CC(C)C)C(=O)N1CCC2(CC1)CNCCO2. The number of rotatable bonds is 5. The van der Waals surface area contributed by atoms with Crippen LogP contribution in [0.2, 0.25) is 0 Å². The predicted octanol–water partition coefficient (Wildman–Crippen LogP) is 2.82. The van der Waals surface area contributed by atoms with Gasteiger partial charge in [-0.3, -0.25) is 4.79 Å². The lowest BCUT2D eigenvalue weighted by Gasteiger charge is -2.46. The van der Waals surface area contributed by atoms with Crippen molar-refractivity contribution in [3.8, 4) is 0 Å². The molecule has 0 bridgehead atoms. The van der Waals surface area contributed by atoms with Crippen LogP contribution < -0.4 is 5.32 Å². The molecular weight excluding hydrogens is 276 g/mol. The number of nitrogens with one attached hydrogen (secondary N) is 1. The summed E-state index contributed by atoms with van der Waals surface area (Å²) in [6, 6.07) is 0. The Morgan fingerprint density at radius 1 is 1.27 bits per heavy atom. The standard InChI is InChI=1S/C18H34N2O2/c1-5-17(6-2,13-15(3)4)16(21)20-10-7-18(8-11-20)14-19-9-12-22-18/h15,19H,5-14H2,1-4H3. The van der Waals surface area contributed by atoms with Crippen LogP contribution in [-0.2, 0) is 9.53 Å². The first-order valence-corrected chi connectivity index (χ1v) is 9.11. The van der Waals surface area contributed by atoms with Crippen molar-refractivity contribution >= 4 is 5.91 Å². The molecule has 22 heavy (non-hydrogen) atoms. The molecule has 0 aromatic carbocycles. The van der Waals surface area contributed by atoms with E-state index in [1.54, 1.807) is 0 Å². The summed E-state index contributed by atoms with van der Waals surface area (Å²) in [5.74, 6) is 0.940. The monoisotopic (exact) mass is 310 g/mol. The van der Waals surface area contributed by atoms with Gasteiger partial charge in [-0.1, -0.05) is 27.7 Å². The molecule has 0 aliphatic carbocycles. The van der Waals surface area contributed by atoms with Crippen molar-refractivity contribution in [3.05, 3.63) is 0 Å². The Kier molecular flexibility index (Phi) is 5.89. The van der Waals surface area contributed by atoms with Gasteiger partial charge in [0.2, 0.25) is 5.91 Å². The molecular formula is C18H34N2O2. The Labute approximate surface area is 136 Å². The van der Waals surface area contributed by atoms with Crippen LogP contribution in [0.5, 0.6) is 0 Å². The van der Waals surface area contributed by atoms with Crippen LogP contribution in [0.3, 0.4) is 0 Å². The molecule has 4 nitrogen and oxygen atoms in total. The van der Waals surface area contributed by atoms with E-state index in [1.165, 1.54) is 0 Å². The zero-order valence-electron chi connectivity index (χ0n) is 14.9. The maximum absolute atomic E-state index is 13.2. The third-order valence-corrected chi connectivity index (χ3v) is 5.70. The highest BCUT2D eigenvalue weighted by atomic mass is 16.5. The van der Waals surface area contributed by atoms with Crippen molar-refractivity contribution in [2.24, 2.45) is 11.3 Å². The second-order valence-electron chi connectivity index (χ2n) is 7.59. The highest BCUT2D eigenvalue weighted by molar-refractivity contribution is 5.82. The summed E-state index contributed by atoms with van der Waals surface area (Å²) >= 11 is 0. The van der Waals surface area contributed by atoms with E-state index in [2.05, 4.69) is 37.9 Å². The number of morpholine rings is 1. The van der Waals surface area contributed by atoms with Crippen LogP contribution in [0.1, 0.15) is 59.8 Å². The maximum atomic E-state index is 13.2. The number of hydrogen-bond donors (Lipinski definition) is 1. The van der Waals surface area contributed by atoms with Crippen LogP contribution in [0, 0.1) is 11.3 Å². The highest BCUT2D eigenvalue weighted by Gasteiger charge is 2.43. The van der Waals surface area contributed by atoms with Crippen molar-refractivity contribution in [2.45, 2.75) is 65.4 Å². The van der Waals surface area contributed by atoms with E-state index < -0.39 is 0 Å². The average molecular weight is 310 g/mol. The Morgan fingerprint density at radius 2 is 1.91 bits per heavy atom. The van der Waals surface area contributed by atoms with Crippen LogP contribution in [0.25, 0.3) is 0 Å². The lowest BCUT2D eigenvalue weighted by Crippen LogP contribution is -2.58. The van der Waals surface area contributed by atoms with Gasteiger partial charge in [-0.15, -0.1) is 0 Å². The van der Waals surface area contributed by atoms with Gasteiger partial charge in [-0.25, -0.2) is 0 Å². The van der Waals surface area contributed by atoms with Crippen molar-refractivity contribution in [2.75, 3.05) is 32.8 Å². The molecule has 0 aromatic rings. The normalized spacial score (nSPS) is 22.3. The molecule has 0 radical (unpaired) electrons.